The smallest absolute Gasteiger partial charge is 0.303 e. The predicted octanol–water partition coefficient (Wildman–Crippen LogP) is -1.19. The van der Waals surface area contributed by atoms with Crippen LogP contribution in [0.1, 0.15) is 187 Å². The Labute approximate surface area is 725 Å². The Morgan fingerprint density at radius 3 is 0.768 bits per heavy atom. The van der Waals surface area contributed by atoms with Gasteiger partial charge in [0.2, 0.25) is 53.2 Å². The molecule has 0 spiro atoms. The standard InChI is InChI=1S/C80H129N9O36/c1-46(2)80(44-110-38-28-67(107)86-45-85-64(104)25-17-20-35-113-79-70(89-49(5)92)76(122-58(14)101)73(119-55(11)98)61(125-79)41-116-52(8)95,42-108-36-26-65(105)83-31-21-29-81-62(102)23-15-18-33-111-77-68(87-47(3)90)74(120-56(12)99)71(117-53(9)96)59(123-77)39-114-50(6)93)43-109-37-27-66(106)84-32-22-30-82-63(103)24-16-19-34-112-78-69(88-48(4)91)75(121-57(13)100)72(118-54(10)97)60(124-78)40-115-51(7)94/h46,59-61,68-79H,15-45H2,1-14H3,(H,81,102)(H,82,103)(H,83,105)(H,84,106)(H,85,104)(H,86,107)(H,87,90)(H,88,91)(H,89,92)/t59-,60-,61-,68-,69-,70-,71+,72+,73+,74-,75-,76-,77-,78-,79-/m1/s1. The topological polar surface area (TPSA) is 582 Å². The van der Waals surface area contributed by atoms with Crippen molar-refractivity contribution in [3.05, 3.63) is 0 Å². The summed E-state index contributed by atoms with van der Waals surface area (Å²) in [7, 11) is 0. The Bertz CT molecular complexity index is 3350. The molecule has 3 aliphatic heterocycles. The third kappa shape index (κ3) is 45.7. The molecule has 0 bridgehead atoms. The van der Waals surface area contributed by atoms with E-state index in [2.05, 4.69) is 47.9 Å². The second-order valence-corrected chi connectivity index (χ2v) is 30.1. The number of rotatable bonds is 59. The van der Waals surface area contributed by atoms with Gasteiger partial charge in [0.1, 0.15) is 56.3 Å². The van der Waals surface area contributed by atoms with E-state index in [9.17, 15) is 86.3 Å². The number of unbranched alkanes of at least 4 members (excludes halogenated alkanes) is 3. The maximum atomic E-state index is 13.0. The zero-order chi connectivity index (χ0) is 93.1. The fourth-order valence-electron chi connectivity index (χ4n) is 12.9. The van der Waals surface area contributed by atoms with Gasteiger partial charge in [0, 0.05) is 167 Å². The highest BCUT2D eigenvalue weighted by Gasteiger charge is 2.55. The van der Waals surface area contributed by atoms with Gasteiger partial charge in [-0.3, -0.25) is 86.3 Å². The molecule has 3 rings (SSSR count). The van der Waals surface area contributed by atoms with Crippen molar-refractivity contribution >= 4 is 107 Å². The summed E-state index contributed by atoms with van der Waals surface area (Å²) >= 11 is 0. The lowest BCUT2D eigenvalue weighted by Crippen LogP contribution is -2.66. The Kier molecular flexibility index (Phi) is 52.4. The molecule has 710 valence electrons. The Hall–Kier alpha value is -9.90. The average molecular weight is 1790 g/mol. The van der Waals surface area contributed by atoms with Crippen molar-refractivity contribution in [3.8, 4) is 0 Å². The van der Waals surface area contributed by atoms with E-state index < -0.39 is 200 Å². The number of esters is 9. The van der Waals surface area contributed by atoms with E-state index in [1.54, 1.807) is 0 Å². The highest BCUT2D eigenvalue weighted by Crippen LogP contribution is 2.33. The van der Waals surface area contributed by atoms with E-state index in [-0.39, 0.29) is 173 Å². The molecule has 3 fully saturated rings. The highest BCUT2D eigenvalue weighted by atomic mass is 16.7. The van der Waals surface area contributed by atoms with Gasteiger partial charge in [0.15, 0.2) is 55.5 Å². The van der Waals surface area contributed by atoms with Crippen LogP contribution in [0.2, 0.25) is 0 Å². The molecule has 3 heterocycles. The molecule has 0 aromatic carbocycles. The average Bonchev–Trinajstić information content (AvgIpc) is 0.796. The van der Waals surface area contributed by atoms with Gasteiger partial charge in [-0.05, 0) is 57.3 Å². The number of amides is 9. The van der Waals surface area contributed by atoms with Crippen LogP contribution in [-0.4, -0.2) is 311 Å². The number of carbonyl (C=O) groups is 18. The molecule has 0 radical (unpaired) electrons. The molecule has 0 aromatic rings. The number of hydrogen-bond acceptors (Lipinski definition) is 36. The normalized spacial score (nSPS) is 22.1. The van der Waals surface area contributed by atoms with Crippen molar-refractivity contribution in [2.45, 2.75) is 279 Å². The first-order valence-corrected chi connectivity index (χ1v) is 41.6. The summed E-state index contributed by atoms with van der Waals surface area (Å²) in [5.41, 5.74) is -0.889. The molecule has 45 nitrogen and oxygen atoms in total. The first-order chi connectivity index (χ1) is 59.2. The van der Waals surface area contributed by atoms with Crippen LogP contribution in [0.15, 0.2) is 0 Å². The second-order valence-electron chi connectivity index (χ2n) is 30.1. The number of carbonyl (C=O) groups excluding carboxylic acids is 18. The first kappa shape index (κ1) is 109. The highest BCUT2D eigenvalue weighted by molar-refractivity contribution is 5.80. The van der Waals surface area contributed by atoms with E-state index in [1.807, 2.05) is 13.8 Å². The summed E-state index contributed by atoms with van der Waals surface area (Å²) < 4.78 is 102. The van der Waals surface area contributed by atoms with Crippen molar-refractivity contribution in [2.75, 3.05) is 112 Å². The van der Waals surface area contributed by atoms with Crippen LogP contribution in [0.4, 0.5) is 0 Å². The van der Waals surface area contributed by atoms with Crippen molar-refractivity contribution in [2.24, 2.45) is 11.3 Å². The van der Waals surface area contributed by atoms with Gasteiger partial charge in [-0.2, -0.15) is 0 Å². The van der Waals surface area contributed by atoms with Gasteiger partial charge in [0.05, 0.1) is 52.7 Å². The largest absolute Gasteiger partial charge is 0.463 e. The molecule has 0 saturated carbocycles. The molecule has 45 heteroatoms. The van der Waals surface area contributed by atoms with Gasteiger partial charge >= 0.3 is 53.7 Å². The molecule has 3 saturated heterocycles. The lowest BCUT2D eigenvalue weighted by molar-refractivity contribution is -0.277. The van der Waals surface area contributed by atoms with Crippen molar-refractivity contribution in [1.29, 1.82) is 0 Å². The summed E-state index contributed by atoms with van der Waals surface area (Å²) in [4.78, 5) is 222. The Balaban J connectivity index is 1.53. The second kappa shape index (κ2) is 59.9. The number of ether oxygens (including phenoxy) is 18. The summed E-state index contributed by atoms with van der Waals surface area (Å²) in [6, 6.07) is -3.49. The maximum absolute atomic E-state index is 13.0. The van der Waals surface area contributed by atoms with Crippen LogP contribution in [0.5, 0.6) is 0 Å². The molecule has 0 unspecified atom stereocenters. The van der Waals surface area contributed by atoms with Crippen molar-refractivity contribution in [3.63, 3.8) is 0 Å². The fraction of sp³-hybridized carbons (Fsp3) is 0.775. The minimum Gasteiger partial charge on any atom is -0.463 e. The lowest BCUT2D eigenvalue weighted by atomic mass is 9.79. The van der Waals surface area contributed by atoms with Crippen LogP contribution >= 0.6 is 0 Å². The lowest BCUT2D eigenvalue weighted by Gasteiger charge is -2.44. The first-order valence-electron chi connectivity index (χ1n) is 41.6. The summed E-state index contributed by atoms with van der Waals surface area (Å²) in [5, 5.41) is 24.3. The molecule has 9 amide bonds. The van der Waals surface area contributed by atoms with Crippen LogP contribution in [0.25, 0.3) is 0 Å². The molecular weight excluding hydrogens is 1660 g/mol. The van der Waals surface area contributed by atoms with Crippen LogP contribution in [-0.2, 0) is 172 Å². The van der Waals surface area contributed by atoms with Crippen molar-refractivity contribution in [1.82, 2.24) is 47.9 Å². The predicted molar refractivity (Wildman–Crippen MR) is 427 cm³/mol. The number of hydrogen-bond donors (Lipinski definition) is 9. The monoisotopic (exact) mass is 1790 g/mol. The van der Waals surface area contributed by atoms with E-state index in [0.29, 0.717) is 38.5 Å². The molecular formula is C80H129N9O36. The summed E-state index contributed by atoms with van der Waals surface area (Å²) in [5.74, 6) is -10.6. The van der Waals surface area contributed by atoms with Gasteiger partial charge < -0.3 is 133 Å². The summed E-state index contributed by atoms with van der Waals surface area (Å²) in [6.07, 6.45) is -12.4. The minimum absolute atomic E-state index is 0.000314. The number of nitrogens with one attached hydrogen (secondary N) is 9. The SMILES string of the molecule is CC(=O)N[C@H]1[C@H](OCCCCC(=O)NCCCNC(=O)CCOCC(COCCC(=O)NCCCNC(=O)CCCCO[C@@H]2O[C@H](COC(C)=O)[C@H](OC(C)=O)[C@H](OC(C)=O)[C@H]2NC(C)=O)(COCCC(=O)NCNC(=O)CCCCO[C@@H]2O[C@H](COC(C)=O)[C@H](OC(C)=O)[C@H](OC(C)=O)[C@H]2NC(C)=O)C(C)C)O[C@H](COC(C)=O)[C@H](OC(C)=O)[C@@H]1OC(C)=O. The Morgan fingerprint density at radius 1 is 0.288 bits per heavy atom. The third-order valence-corrected chi connectivity index (χ3v) is 18.8. The van der Waals surface area contributed by atoms with Gasteiger partial charge in [-0.15, -0.1) is 0 Å². The minimum atomic E-state index is -1.32. The van der Waals surface area contributed by atoms with E-state index in [1.165, 1.54) is 20.8 Å². The zero-order valence-corrected chi connectivity index (χ0v) is 73.9. The molecule has 0 aromatic heterocycles. The zero-order valence-electron chi connectivity index (χ0n) is 73.9. The van der Waals surface area contributed by atoms with Gasteiger partial charge in [-0.1, -0.05) is 13.8 Å². The molecule has 3 aliphatic rings. The van der Waals surface area contributed by atoms with Gasteiger partial charge in [-0.25, -0.2) is 0 Å². The van der Waals surface area contributed by atoms with E-state index >= 15 is 0 Å². The quantitative estimate of drug-likeness (QED) is 0.0150. The van der Waals surface area contributed by atoms with E-state index in [0.717, 1.165) is 62.3 Å². The molecule has 125 heavy (non-hydrogen) atoms. The maximum Gasteiger partial charge on any atom is 0.303 e. The molecule has 0 aliphatic carbocycles. The molecule has 9 N–H and O–H groups in total. The van der Waals surface area contributed by atoms with E-state index in [4.69, 9.17) is 85.3 Å². The van der Waals surface area contributed by atoms with Crippen LogP contribution < -0.4 is 47.9 Å². The van der Waals surface area contributed by atoms with Gasteiger partial charge in [0.25, 0.3) is 0 Å². The van der Waals surface area contributed by atoms with Crippen LogP contribution in [0.3, 0.4) is 0 Å². The third-order valence-electron chi connectivity index (χ3n) is 18.8. The molecule has 15 atom stereocenters. The summed E-state index contributed by atoms with van der Waals surface area (Å²) in [6.45, 7) is 16.9. The van der Waals surface area contributed by atoms with Crippen molar-refractivity contribution < 1.29 is 172 Å². The Morgan fingerprint density at radius 2 is 0.528 bits per heavy atom. The van der Waals surface area contributed by atoms with Crippen LogP contribution in [0, 0.1) is 11.3 Å². The fourth-order valence-corrected chi connectivity index (χ4v) is 12.9.